The van der Waals surface area contributed by atoms with Crippen LogP contribution in [0.2, 0.25) is 0 Å². The molecule has 1 saturated heterocycles. The fraction of sp³-hybridized carbons (Fsp3) is 0.692. The van der Waals surface area contributed by atoms with Gasteiger partial charge >= 0.3 is 13.5 Å². The molecular weight excluding hydrogens is 341 g/mol. The first-order valence-corrected chi connectivity index (χ1v) is 8.97. The van der Waals surface area contributed by atoms with Gasteiger partial charge in [-0.05, 0) is 12.0 Å². The molecule has 4 N–H and O–H groups in total. The van der Waals surface area contributed by atoms with Gasteiger partial charge in [0.2, 0.25) is 0 Å². The van der Waals surface area contributed by atoms with Crippen LogP contribution >= 0.6 is 7.82 Å². The highest BCUT2D eigenvalue weighted by Gasteiger charge is 2.37. The molecule has 2 heterocycles. The van der Waals surface area contributed by atoms with E-state index in [0.29, 0.717) is 0 Å². The molecule has 1 aromatic rings. The van der Waals surface area contributed by atoms with Gasteiger partial charge in [-0.15, -0.1) is 0 Å². The Hall–Kier alpha value is -1.29. The van der Waals surface area contributed by atoms with Crippen LogP contribution in [0.4, 0.5) is 5.82 Å². The van der Waals surface area contributed by atoms with E-state index >= 15 is 0 Å². The van der Waals surface area contributed by atoms with Crippen LogP contribution in [0.25, 0.3) is 0 Å². The lowest BCUT2D eigenvalue weighted by atomic mass is 10.2. The molecule has 24 heavy (non-hydrogen) atoms. The second kappa shape index (κ2) is 7.73. The summed E-state index contributed by atoms with van der Waals surface area (Å²) in [5.41, 5.74) is 4.81. The molecule has 0 radical (unpaired) electrons. The molecule has 136 valence electrons. The van der Waals surface area contributed by atoms with E-state index in [-0.39, 0.29) is 31.4 Å². The molecular formula is C13H22N3O7P. The Morgan fingerprint density at radius 2 is 2.25 bits per heavy atom. The van der Waals surface area contributed by atoms with Gasteiger partial charge in [0.15, 0.2) is 0 Å². The molecule has 0 amide bonds. The van der Waals surface area contributed by atoms with Crippen molar-refractivity contribution in [2.45, 2.75) is 38.7 Å². The van der Waals surface area contributed by atoms with E-state index in [4.69, 9.17) is 19.5 Å². The average molecular weight is 363 g/mol. The van der Waals surface area contributed by atoms with E-state index in [9.17, 15) is 19.4 Å². The third-order valence-corrected chi connectivity index (χ3v) is 4.29. The molecule has 1 aliphatic rings. The zero-order valence-electron chi connectivity index (χ0n) is 13.4. The highest BCUT2D eigenvalue weighted by atomic mass is 31.2. The standard InChI is InChI=1S/C13H22N3O7P/c1-8(2)6-21-24(19,20)22-7-10-9(17)5-12(23-10)16-4-3-11(14)15-13(16)18/h3-4,8-10,12,17H,5-7H2,1-2H3,(H,19,20)(H2,14,15,18)/t9-,10+,12+/m0/s1. The number of aliphatic hydroxyl groups excluding tert-OH is 1. The van der Waals surface area contributed by atoms with Crippen molar-refractivity contribution in [2.24, 2.45) is 5.92 Å². The van der Waals surface area contributed by atoms with Crippen molar-refractivity contribution in [2.75, 3.05) is 18.9 Å². The van der Waals surface area contributed by atoms with Crippen LogP contribution in [0.1, 0.15) is 26.5 Å². The summed E-state index contributed by atoms with van der Waals surface area (Å²) in [7, 11) is -4.22. The van der Waals surface area contributed by atoms with Crippen LogP contribution in [0.15, 0.2) is 17.1 Å². The smallest absolute Gasteiger partial charge is 0.390 e. The largest absolute Gasteiger partial charge is 0.472 e. The van der Waals surface area contributed by atoms with Crippen LogP contribution in [0.5, 0.6) is 0 Å². The van der Waals surface area contributed by atoms with Gasteiger partial charge in [-0.1, -0.05) is 13.8 Å². The molecule has 0 spiro atoms. The van der Waals surface area contributed by atoms with Crippen LogP contribution in [0.3, 0.4) is 0 Å². The summed E-state index contributed by atoms with van der Waals surface area (Å²) >= 11 is 0. The van der Waals surface area contributed by atoms with Crippen molar-refractivity contribution >= 4 is 13.6 Å². The first-order valence-electron chi connectivity index (χ1n) is 7.48. The van der Waals surface area contributed by atoms with Crippen molar-refractivity contribution < 1.29 is 28.3 Å². The van der Waals surface area contributed by atoms with Crippen molar-refractivity contribution in [1.82, 2.24) is 9.55 Å². The number of nitrogens with zero attached hydrogens (tertiary/aromatic N) is 2. The predicted octanol–water partition coefficient (Wildman–Crippen LogP) is 0.263. The van der Waals surface area contributed by atoms with Gasteiger partial charge in [-0.3, -0.25) is 13.6 Å². The summed E-state index contributed by atoms with van der Waals surface area (Å²) in [5.74, 6) is 0.148. The van der Waals surface area contributed by atoms with Crippen LogP contribution in [-0.2, 0) is 18.3 Å². The highest BCUT2D eigenvalue weighted by molar-refractivity contribution is 7.47. The summed E-state index contributed by atoms with van der Waals surface area (Å²) in [5, 5.41) is 10.0. The number of hydrogen-bond donors (Lipinski definition) is 3. The first kappa shape index (κ1) is 19.0. The van der Waals surface area contributed by atoms with E-state index in [1.165, 1.54) is 16.8 Å². The second-order valence-electron chi connectivity index (χ2n) is 5.93. The second-order valence-corrected chi connectivity index (χ2v) is 7.38. The van der Waals surface area contributed by atoms with Gasteiger partial charge in [-0.2, -0.15) is 4.98 Å². The zero-order valence-corrected chi connectivity index (χ0v) is 14.3. The average Bonchev–Trinajstić information content (AvgIpc) is 2.84. The van der Waals surface area contributed by atoms with Crippen LogP contribution in [-0.4, -0.2) is 45.0 Å². The number of aliphatic hydroxyl groups is 1. The Morgan fingerprint density at radius 1 is 1.54 bits per heavy atom. The lowest BCUT2D eigenvalue weighted by molar-refractivity contribution is -0.0467. The first-order chi connectivity index (χ1) is 11.2. The van der Waals surface area contributed by atoms with Crippen LogP contribution in [0, 0.1) is 5.92 Å². The fourth-order valence-electron chi connectivity index (χ4n) is 2.13. The summed E-state index contributed by atoms with van der Waals surface area (Å²) < 4.78 is 28.1. The number of nitrogens with two attached hydrogens (primary N) is 1. The third kappa shape index (κ3) is 5.10. The topological polar surface area (TPSA) is 146 Å². The van der Waals surface area contributed by atoms with Crippen molar-refractivity contribution in [3.05, 3.63) is 22.7 Å². The number of phosphoric acid groups is 1. The Kier molecular flexibility index (Phi) is 6.13. The van der Waals surface area contributed by atoms with Gasteiger partial charge in [-0.25, -0.2) is 9.36 Å². The van der Waals surface area contributed by atoms with Crippen molar-refractivity contribution in [3.63, 3.8) is 0 Å². The maximum absolute atomic E-state index is 11.8. The van der Waals surface area contributed by atoms with Crippen molar-refractivity contribution in [1.29, 1.82) is 0 Å². The van der Waals surface area contributed by atoms with Gasteiger partial charge < -0.3 is 20.5 Å². The van der Waals surface area contributed by atoms with Gasteiger partial charge in [0.1, 0.15) is 18.1 Å². The van der Waals surface area contributed by atoms with Gasteiger partial charge in [0.25, 0.3) is 0 Å². The molecule has 0 aliphatic carbocycles. The van der Waals surface area contributed by atoms with Crippen LogP contribution < -0.4 is 11.4 Å². The van der Waals surface area contributed by atoms with Crippen molar-refractivity contribution in [3.8, 4) is 0 Å². The predicted molar refractivity (Wildman–Crippen MR) is 84.0 cm³/mol. The van der Waals surface area contributed by atoms with E-state index in [1.54, 1.807) is 0 Å². The Morgan fingerprint density at radius 3 is 2.88 bits per heavy atom. The minimum absolute atomic E-state index is 0.0664. The maximum atomic E-state index is 11.8. The third-order valence-electron chi connectivity index (χ3n) is 3.34. The van der Waals surface area contributed by atoms with E-state index in [0.717, 1.165) is 0 Å². The zero-order chi connectivity index (χ0) is 17.9. The fourth-order valence-corrected chi connectivity index (χ4v) is 3.03. The quantitative estimate of drug-likeness (QED) is 0.581. The van der Waals surface area contributed by atoms with Gasteiger partial charge in [0.05, 0.1) is 19.3 Å². The molecule has 1 unspecified atom stereocenters. The molecule has 0 saturated carbocycles. The van der Waals surface area contributed by atoms with E-state index in [2.05, 4.69) is 4.98 Å². The Labute approximate surface area is 138 Å². The van der Waals surface area contributed by atoms with Gasteiger partial charge in [0, 0.05) is 12.6 Å². The maximum Gasteiger partial charge on any atom is 0.472 e. The summed E-state index contributed by atoms with van der Waals surface area (Å²) in [6.45, 7) is 3.37. The molecule has 10 nitrogen and oxygen atoms in total. The summed E-state index contributed by atoms with van der Waals surface area (Å²) in [4.78, 5) is 24.9. The molecule has 1 aliphatic heterocycles. The molecule has 1 fully saturated rings. The monoisotopic (exact) mass is 363 g/mol. The summed E-state index contributed by atoms with van der Waals surface area (Å²) in [6.07, 6.45) is -1.08. The Bertz CT molecular complexity index is 665. The molecule has 0 bridgehead atoms. The van der Waals surface area contributed by atoms with E-state index in [1.807, 2.05) is 13.8 Å². The number of rotatable bonds is 7. The number of phosphoric ester groups is 1. The number of aromatic nitrogens is 2. The molecule has 2 rings (SSSR count). The molecule has 4 atom stereocenters. The molecule has 0 aromatic carbocycles. The number of nitrogen functional groups attached to an aromatic ring is 1. The summed E-state index contributed by atoms with van der Waals surface area (Å²) in [6, 6.07) is 1.43. The molecule has 11 heteroatoms. The lowest BCUT2D eigenvalue weighted by Gasteiger charge is -2.18. The Balaban J connectivity index is 1.94. The minimum atomic E-state index is -4.22. The minimum Gasteiger partial charge on any atom is -0.390 e. The number of anilines is 1. The molecule has 1 aromatic heterocycles. The lowest BCUT2D eigenvalue weighted by Crippen LogP contribution is -2.28. The SMILES string of the molecule is CC(C)COP(=O)(O)OC[C@H]1O[C@@H](n2ccc(N)nc2=O)C[C@@H]1O. The number of hydrogen-bond acceptors (Lipinski definition) is 8. The van der Waals surface area contributed by atoms with E-state index < -0.39 is 31.9 Å². The highest BCUT2D eigenvalue weighted by Crippen LogP contribution is 2.44. The number of ether oxygens (including phenoxy) is 1. The normalized spacial score (nSPS) is 26.6.